The topological polar surface area (TPSA) is 17.1 Å². The van der Waals surface area contributed by atoms with Crippen LogP contribution in [-0.2, 0) is 4.79 Å². The van der Waals surface area contributed by atoms with E-state index in [1.807, 2.05) is 6.92 Å². The first kappa shape index (κ1) is 21.7. The van der Waals surface area contributed by atoms with E-state index >= 15 is 0 Å². The summed E-state index contributed by atoms with van der Waals surface area (Å²) >= 11 is 0. The molecule has 0 spiro atoms. The molecule has 0 aliphatic heterocycles. The minimum atomic E-state index is 0.312. The average Bonchev–Trinajstić information content (AvgIpc) is 3.05. The highest BCUT2D eigenvalue weighted by Crippen LogP contribution is 2.38. The van der Waals surface area contributed by atoms with E-state index in [-0.39, 0.29) is 0 Å². The number of hydrogen-bond donors (Lipinski definition) is 0. The van der Waals surface area contributed by atoms with Gasteiger partial charge in [-0.05, 0) is 42.9 Å². The Morgan fingerprint density at radius 2 is 1.59 bits per heavy atom. The third kappa shape index (κ3) is 8.34. The molecular weight excluding hydrogens is 268 g/mol. The van der Waals surface area contributed by atoms with Crippen LogP contribution in [0.15, 0.2) is 0 Å². The van der Waals surface area contributed by atoms with Gasteiger partial charge in [0.15, 0.2) is 0 Å². The third-order valence-corrected chi connectivity index (χ3v) is 5.76. The molecule has 1 atom stereocenters. The van der Waals surface area contributed by atoms with Crippen LogP contribution < -0.4 is 0 Å². The zero-order chi connectivity index (χ0) is 17.0. The highest BCUT2D eigenvalue weighted by molar-refractivity contribution is 5.53. The molecule has 1 fully saturated rings. The molecular formula is C21H42O. The van der Waals surface area contributed by atoms with E-state index < -0.39 is 0 Å². The largest absolute Gasteiger partial charge is 0.303 e. The summed E-state index contributed by atoms with van der Waals surface area (Å²) in [4.78, 5) is 10.3. The molecule has 0 amide bonds. The van der Waals surface area contributed by atoms with Crippen LogP contribution in [0, 0.1) is 23.2 Å². The van der Waals surface area contributed by atoms with Crippen LogP contribution in [0.5, 0.6) is 0 Å². The first-order valence-corrected chi connectivity index (χ1v) is 9.89. The van der Waals surface area contributed by atoms with Gasteiger partial charge in [0.1, 0.15) is 6.29 Å². The number of carbonyl (C=O) groups excluding carboxylic acids is 1. The smallest absolute Gasteiger partial charge is 0.123 e. The minimum Gasteiger partial charge on any atom is -0.303 e. The van der Waals surface area contributed by atoms with Gasteiger partial charge in [0.25, 0.3) is 0 Å². The van der Waals surface area contributed by atoms with Crippen LogP contribution in [0.2, 0.25) is 0 Å². The Bertz CT molecular complexity index is 259. The minimum absolute atomic E-state index is 0.312. The van der Waals surface area contributed by atoms with Gasteiger partial charge in [-0.25, -0.2) is 0 Å². The van der Waals surface area contributed by atoms with E-state index in [0.29, 0.717) is 17.3 Å². The lowest BCUT2D eigenvalue weighted by Gasteiger charge is -2.33. The van der Waals surface area contributed by atoms with Crippen molar-refractivity contribution in [2.45, 2.75) is 106 Å². The van der Waals surface area contributed by atoms with Gasteiger partial charge in [-0.15, -0.1) is 0 Å². The third-order valence-electron chi connectivity index (χ3n) is 5.76. The van der Waals surface area contributed by atoms with Crippen LogP contribution in [-0.4, -0.2) is 6.29 Å². The lowest BCUT2D eigenvalue weighted by Crippen LogP contribution is -2.21. The molecule has 22 heavy (non-hydrogen) atoms. The Hall–Kier alpha value is -0.330. The summed E-state index contributed by atoms with van der Waals surface area (Å²) in [5.41, 5.74) is 0.657. The molecule has 1 nitrogen and oxygen atoms in total. The van der Waals surface area contributed by atoms with Crippen LogP contribution in [0.1, 0.15) is 106 Å². The van der Waals surface area contributed by atoms with E-state index in [2.05, 4.69) is 34.6 Å². The summed E-state index contributed by atoms with van der Waals surface area (Å²) in [6.45, 7) is 13.8. The Balaban J connectivity index is 0.000000425. The van der Waals surface area contributed by atoms with Gasteiger partial charge in [-0.2, -0.15) is 0 Å². The van der Waals surface area contributed by atoms with Gasteiger partial charge in [0, 0.05) is 5.92 Å². The van der Waals surface area contributed by atoms with Gasteiger partial charge in [-0.3, -0.25) is 0 Å². The molecule has 1 rings (SSSR count). The lowest BCUT2D eigenvalue weighted by molar-refractivity contribution is -0.111. The Labute approximate surface area is 140 Å². The Morgan fingerprint density at radius 3 is 1.95 bits per heavy atom. The van der Waals surface area contributed by atoms with Crippen molar-refractivity contribution in [3.63, 3.8) is 0 Å². The molecule has 1 heteroatoms. The van der Waals surface area contributed by atoms with E-state index in [9.17, 15) is 4.79 Å². The predicted octanol–water partition coefficient (Wildman–Crippen LogP) is 7.04. The van der Waals surface area contributed by atoms with Crippen molar-refractivity contribution in [3.8, 4) is 0 Å². The number of hydrogen-bond acceptors (Lipinski definition) is 1. The highest BCUT2D eigenvalue weighted by Gasteiger charge is 2.26. The number of unbranched alkanes of at least 4 members (excludes halogenated alkanes) is 1. The normalized spacial score (nSPS) is 17.2. The molecule has 0 saturated heterocycles. The molecule has 0 N–H and O–H groups in total. The second kappa shape index (κ2) is 12.1. The molecule has 0 heterocycles. The first-order valence-electron chi connectivity index (χ1n) is 9.89. The van der Waals surface area contributed by atoms with Crippen molar-refractivity contribution in [1.29, 1.82) is 0 Å². The molecule has 0 aromatic heterocycles. The summed E-state index contributed by atoms with van der Waals surface area (Å²) in [6.07, 6.45) is 14.7. The van der Waals surface area contributed by atoms with E-state index in [0.717, 1.165) is 12.2 Å². The zero-order valence-electron chi connectivity index (χ0n) is 16.3. The fourth-order valence-electron chi connectivity index (χ4n) is 4.01. The van der Waals surface area contributed by atoms with E-state index in [4.69, 9.17) is 0 Å². The van der Waals surface area contributed by atoms with Crippen LogP contribution in [0.4, 0.5) is 0 Å². The van der Waals surface area contributed by atoms with Crippen molar-refractivity contribution in [2.75, 3.05) is 0 Å². The van der Waals surface area contributed by atoms with Crippen molar-refractivity contribution >= 4 is 6.29 Å². The maximum Gasteiger partial charge on any atom is 0.123 e. The molecule has 0 aromatic rings. The fraction of sp³-hybridized carbons (Fsp3) is 0.952. The fourth-order valence-corrected chi connectivity index (χ4v) is 4.01. The molecule has 0 radical (unpaired) electrons. The maximum atomic E-state index is 10.3. The molecule has 0 aromatic carbocycles. The average molecular weight is 311 g/mol. The molecule has 1 aliphatic carbocycles. The summed E-state index contributed by atoms with van der Waals surface area (Å²) in [5.74, 6) is 1.88. The van der Waals surface area contributed by atoms with Crippen molar-refractivity contribution in [2.24, 2.45) is 23.2 Å². The molecule has 1 saturated carbocycles. The second-order valence-corrected chi connectivity index (χ2v) is 7.95. The highest BCUT2D eigenvalue weighted by atomic mass is 16.1. The van der Waals surface area contributed by atoms with Crippen LogP contribution >= 0.6 is 0 Å². The summed E-state index contributed by atoms with van der Waals surface area (Å²) in [5, 5.41) is 0. The molecule has 1 unspecified atom stereocenters. The van der Waals surface area contributed by atoms with Crippen molar-refractivity contribution < 1.29 is 4.79 Å². The summed E-state index contributed by atoms with van der Waals surface area (Å²) < 4.78 is 0. The lowest BCUT2D eigenvalue weighted by atomic mass is 9.72. The van der Waals surface area contributed by atoms with Gasteiger partial charge in [-0.1, -0.05) is 80.1 Å². The van der Waals surface area contributed by atoms with E-state index in [1.54, 1.807) is 0 Å². The Kier molecular flexibility index (Phi) is 12.0. The van der Waals surface area contributed by atoms with Gasteiger partial charge in [0.2, 0.25) is 0 Å². The summed E-state index contributed by atoms with van der Waals surface area (Å²) in [6, 6.07) is 0. The van der Waals surface area contributed by atoms with Crippen molar-refractivity contribution in [1.82, 2.24) is 0 Å². The second-order valence-electron chi connectivity index (χ2n) is 7.95. The quantitative estimate of drug-likeness (QED) is 0.417. The number of carbonyl (C=O) groups is 1. The first-order chi connectivity index (χ1) is 10.4. The number of rotatable bonds is 9. The zero-order valence-corrected chi connectivity index (χ0v) is 16.3. The maximum absolute atomic E-state index is 10.3. The SMILES string of the molecule is CC(C=O)C1CCCC1.CCCCC(CC)(CC)CC(C)C. The molecule has 1 aliphatic rings. The standard InChI is InChI=1S/C13H28.C8H14O/c1-6-9-10-13(7-2,8-3)11-12(4)5;1-7(6-9)8-4-2-3-5-8/h12H,6-11H2,1-5H3;6-8H,2-5H2,1H3. The predicted molar refractivity (Wildman–Crippen MR) is 99.2 cm³/mol. The molecule has 132 valence electrons. The van der Waals surface area contributed by atoms with E-state index in [1.165, 1.54) is 64.2 Å². The summed E-state index contributed by atoms with van der Waals surface area (Å²) in [7, 11) is 0. The van der Waals surface area contributed by atoms with Crippen LogP contribution in [0.25, 0.3) is 0 Å². The Morgan fingerprint density at radius 1 is 1.05 bits per heavy atom. The van der Waals surface area contributed by atoms with Crippen LogP contribution in [0.3, 0.4) is 0 Å². The van der Waals surface area contributed by atoms with Gasteiger partial charge >= 0.3 is 0 Å². The number of aldehydes is 1. The molecule has 0 bridgehead atoms. The monoisotopic (exact) mass is 310 g/mol. The van der Waals surface area contributed by atoms with Crippen molar-refractivity contribution in [3.05, 3.63) is 0 Å². The van der Waals surface area contributed by atoms with Gasteiger partial charge in [0.05, 0.1) is 0 Å². The van der Waals surface area contributed by atoms with Gasteiger partial charge < -0.3 is 4.79 Å².